The van der Waals surface area contributed by atoms with Crippen molar-refractivity contribution in [1.82, 2.24) is 34.6 Å². The van der Waals surface area contributed by atoms with Crippen LogP contribution in [0.2, 0.25) is 0 Å². The Morgan fingerprint density at radius 1 is 0.869 bits per heavy atom. The Balaban J connectivity index is 0.00000277. The number of amides is 2. The quantitative estimate of drug-likeness (QED) is 0.107. The molecule has 0 bridgehead atoms. The fourth-order valence-corrected chi connectivity index (χ4v) is 8.70. The molecule has 11 heteroatoms. The van der Waals surface area contributed by atoms with Gasteiger partial charge in [0, 0.05) is 24.2 Å². The Hall–Kier alpha value is -6.38. The van der Waals surface area contributed by atoms with E-state index in [0.717, 1.165) is 74.7 Å². The van der Waals surface area contributed by atoms with Crippen LogP contribution in [0.3, 0.4) is 0 Å². The molecule has 1 aliphatic carbocycles. The van der Waals surface area contributed by atoms with Crippen molar-refractivity contribution in [2.24, 2.45) is 0 Å². The van der Waals surface area contributed by atoms with Crippen molar-refractivity contribution in [2.75, 3.05) is 26.2 Å². The molecule has 1 saturated heterocycles. The van der Waals surface area contributed by atoms with E-state index >= 15 is 8.78 Å². The Morgan fingerprint density at radius 2 is 1.54 bits per heavy atom. The van der Waals surface area contributed by atoms with Gasteiger partial charge in [0.25, 0.3) is 5.92 Å². The van der Waals surface area contributed by atoms with Gasteiger partial charge < -0.3 is 19.8 Å². The van der Waals surface area contributed by atoms with E-state index in [0.29, 0.717) is 44.8 Å². The van der Waals surface area contributed by atoms with Crippen molar-refractivity contribution in [3.8, 4) is 46.5 Å². The molecule has 2 aromatic heterocycles. The van der Waals surface area contributed by atoms with E-state index in [-0.39, 0.29) is 11.8 Å². The maximum atomic E-state index is 15.3. The van der Waals surface area contributed by atoms with Crippen molar-refractivity contribution >= 4 is 11.8 Å². The molecule has 1 fully saturated rings. The molecule has 314 valence electrons. The summed E-state index contributed by atoms with van der Waals surface area (Å²) in [6.07, 6.45) is 12.0. The van der Waals surface area contributed by atoms with Crippen LogP contribution in [0.15, 0.2) is 109 Å². The highest BCUT2D eigenvalue weighted by atomic mass is 19.3. The second-order valence-electron chi connectivity index (χ2n) is 15.7. The van der Waals surface area contributed by atoms with Gasteiger partial charge >= 0.3 is 0 Å². The predicted molar refractivity (Wildman–Crippen MR) is 236 cm³/mol. The van der Waals surface area contributed by atoms with Gasteiger partial charge in [-0.1, -0.05) is 124 Å². The van der Waals surface area contributed by atoms with E-state index < -0.39 is 31.0 Å². The van der Waals surface area contributed by atoms with Gasteiger partial charge in [0.15, 0.2) is 0 Å². The van der Waals surface area contributed by atoms with Crippen LogP contribution in [0.4, 0.5) is 8.78 Å². The summed E-state index contributed by atoms with van der Waals surface area (Å²) in [5, 5.41) is 0. The molecule has 2 atom stereocenters. The van der Waals surface area contributed by atoms with Gasteiger partial charge in [-0.25, -0.2) is 18.7 Å². The first-order chi connectivity index (χ1) is 29.6. The number of likely N-dealkylation sites (N-methyl/N-ethyl adjacent to an activating group) is 1. The van der Waals surface area contributed by atoms with Crippen LogP contribution in [-0.4, -0.2) is 78.6 Å². The number of hydrogen-bond donors (Lipinski definition) is 2. The first kappa shape index (κ1) is 42.7. The van der Waals surface area contributed by atoms with Crippen molar-refractivity contribution in [1.29, 1.82) is 0 Å². The number of benzene rings is 4. The Labute approximate surface area is 357 Å². The lowest BCUT2D eigenvalue weighted by molar-refractivity contribution is -0.139. The van der Waals surface area contributed by atoms with Gasteiger partial charge in [-0.05, 0) is 65.7 Å². The molecule has 4 aromatic carbocycles. The van der Waals surface area contributed by atoms with E-state index in [9.17, 15) is 9.59 Å². The van der Waals surface area contributed by atoms with E-state index in [1.54, 1.807) is 0 Å². The van der Waals surface area contributed by atoms with Crippen LogP contribution in [0.5, 0.6) is 0 Å². The molecule has 2 amide bonds. The number of aryl methyl sites for hydroxylation is 2. The summed E-state index contributed by atoms with van der Waals surface area (Å²) >= 11 is 0. The monoisotopic (exact) mass is 821 g/mol. The minimum atomic E-state index is -3.03. The van der Waals surface area contributed by atoms with Gasteiger partial charge in [-0.15, -0.1) is 12.8 Å². The normalized spacial score (nSPS) is 15.7. The Kier molecular flexibility index (Phi) is 13.2. The standard InChI is InChI=1S/C48H51F2N7O2.C2H2/c1-4-25-56(43(58)26-32-13-9-7-10-14-32)30-42-51-29-40(52-42)34-19-17-33(18-20-34)36-21-23-38-37(27-36)22-24-39-44(38)54-46(53-39)41-28-48(49,50)31-57(41)47(59)45(55(5-2)6-3)35-15-11-8-12-16-35;1-2/h7-21,23,27,29,41,45H,4-6,22,24-26,28,30-31H2,1-3H3,(H,51,52)(H,53,54);1-2H/t41-,45+;/m0./s1. The molecule has 3 heterocycles. The minimum absolute atomic E-state index is 0.0783. The highest BCUT2D eigenvalue weighted by Crippen LogP contribution is 2.44. The highest BCUT2D eigenvalue weighted by molar-refractivity contribution is 5.84. The van der Waals surface area contributed by atoms with Gasteiger partial charge in [0.1, 0.15) is 17.7 Å². The minimum Gasteiger partial charge on any atom is -0.344 e. The number of nitrogens with zero attached hydrogens (tertiary/aromatic N) is 5. The summed E-state index contributed by atoms with van der Waals surface area (Å²) in [4.78, 5) is 49.1. The Morgan fingerprint density at radius 3 is 2.23 bits per heavy atom. The second kappa shape index (κ2) is 18.9. The van der Waals surface area contributed by atoms with Crippen LogP contribution in [-0.2, 0) is 35.4 Å². The molecule has 0 spiro atoms. The van der Waals surface area contributed by atoms with Crippen LogP contribution >= 0.6 is 0 Å². The summed E-state index contributed by atoms with van der Waals surface area (Å²) in [5.41, 5.74) is 9.60. The number of carbonyl (C=O) groups excluding carboxylic acids is 2. The molecule has 1 aliphatic heterocycles. The number of fused-ring (bicyclic) bond motifs is 3. The first-order valence-corrected chi connectivity index (χ1v) is 21.1. The predicted octanol–water partition coefficient (Wildman–Crippen LogP) is 9.45. The van der Waals surface area contributed by atoms with Crippen LogP contribution in [0, 0.1) is 12.8 Å². The van der Waals surface area contributed by atoms with Crippen molar-refractivity contribution in [3.05, 3.63) is 143 Å². The third kappa shape index (κ3) is 9.35. The summed E-state index contributed by atoms with van der Waals surface area (Å²) < 4.78 is 30.5. The molecular formula is C50H53F2N7O2. The van der Waals surface area contributed by atoms with Crippen LogP contribution in [0.25, 0.3) is 33.6 Å². The summed E-state index contributed by atoms with van der Waals surface area (Å²) in [7, 11) is 0. The summed E-state index contributed by atoms with van der Waals surface area (Å²) in [5.74, 6) is -2.12. The number of nitrogens with one attached hydrogen (secondary N) is 2. The summed E-state index contributed by atoms with van der Waals surface area (Å²) in [6, 6.07) is 32.4. The topological polar surface area (TPSA) is 101 Å². The lowest BCUT2D eigenvalue weighted by atomic mass is 9.89. The first-order valence-electron chi connectivity index (χ1n) is 21.1. The third-order valence-corrected chi connectivity index (χ3v) is 11.7. The zero-order chi connectivity index (χ0) is 43.1. The van der Waals surface area contributed by atoms with E-state index in [4.69, 9.17) is 4.98 Å². The molecule has 0 radical (unpaired) electrons. The average molecular weight is 822 g/mol. The van der Waals surface area contributed by atoms with Gasteiger partial charge in [0.2, 0.25) is 11.8 Å². The number of terminal acetylenes is 1. The van der Waals surface area contributed by atoms with Gasteiger partial charge in [-0.3, -0.25) is 14.5 Å². The molecular weight excluding hydrogens is 769 g/mol. The Bertz CT molecular complexity index is 2440. The van der Waals surface area contributed by atoms with Crippen LogP contribution in [0.1, 0.15) is 79.7 Å². The maximum Gasteiger partial charge on any atom is 0.267 e. The lowest BCUT2D eigenvalue weighted by Gasteiger charge is -2.34. The molecule has 0 unspecified atom stereocenters. The molecule has 9 nitrogen and oxygen atoms in total. The number of carbonyl (C=O) groups is 2. The lowest BCUT2D eigenvalue weighted by Crippen LogP contribution is -2.43. The van der Waals surface area contributed by atoms with E-state index in [2.05, 4.69) is 77.2 Å². The fourth-order valence-electron chi connectivity index (χ4n) is 8.70. The number of aromatic nitrogens is 4. The second-order valence-corrected chi connectivity index (χ2v) is 15.7. The fraction of sp³-hybridized carbons (Fsp3) is 0.320. The number of aromatic amines is 2. The molecule has 8 rings (SSSR count). The van der Waals surface area contributed by atoms with E-state index in [1.807, 2.05) is 90.5 Å². The van der Waals surface area contributed by atoms with Crippen molar-refractivity contribution in [3.63, 3.8) is 0 Å². The van der Waals surface area contributed by atoms with Gasteiger partial charge in [-0.2, -0.15) is 0 Å². The zero-order valence-electron chi connectivity index (χ0n) is 35.1. The van der Waals surface area contributed by atoms with Gasteiger partial charge in [0.05, 0.1) is 43.1 Å². The maximum absolute atomic E-state index is 15.3. The number of hydrogen-bond acceptors (Lipinski definition) is 5. The third-order valence-electron chi connectivity index (χ3n) is 11.7. The molecule has 2 N–H and O–H groups in total. The smallest absolute Gasteiger partial charge is 0.267 e. The molecule has 61 heavy (non-hydrogen) atoms. The number of likely N-dealkylation sites (tertiary alicyclic amines) is 1. The number of imidazole rings is 2. The van der Waals surface area contributed by atoms with Crippen molar-refractivity contribution < 1.29 is 18.4 Å². The number of rotatable bonds is 14. The molecule has 2 aliphatic rings. The van der Waals surface area contributed by atoms with E-state index in [1.165, 1.54) is 4.90 Å². The number of H-pyrrole nitrogens is 2. The molecule has 6 aromatic rings. The largest absolute Gasteiger partial charge is 0.344 e. The summed E-state index contributed by atoms with van der Waals surface area (Å²) in [6.45, 7) is 7.70. The van der Waals surface area contributed by atoms with Crippen molar-refractivity contribution in [2.45, 2.75) is 77.4 Å². The number of halogens is 2. The highest BCUT2D eigenvalue weighted by Gasteiger charge is 2.50. The molecule has 0 saturated carbocycles. The zero-order valence-corrected chi connectivity index (χ0v) is 35.1. The number of alkyl halides is 2. The average Bonchev–Trinajstić information content (AvgIpc) is 4.03. The van der Waals surface area contributed by atoms with Crippen LogP contribution < -0.4 is 0 Å². The SMILES string of the molecule is C#C.CCCN(Cc1ncc(-c2ccc(-c3ccc4c(c3)CCc3[nH]c([C@@H]5CC(F)(F)CN5C(=O)[C@@H](c5ccccc5)N(CC)CC)nc3-4)cc2)[nH]1)C(=O)Cc1ccccc1.